The molecule has 0 aliphatic rings. The van der Waals surface area contributed by atoms with Crippen molar-refractivity contribution in [2.45, 2.75) is 38.5 Å². The van der Waals surface area contributed by atoms with Crippen LogP contribution in [0, 0.1) is 0 Å². The summed E-state index contributed by atoms with van der Waals surface area (Å²) in [7, 11) is 1.32. The maximum absolute atomic E-state index is 12.7. The van der Waals surface area contributed by atoms with Gasteiger partial charge in [-0.05, 0) is 31.9 Å². The fourth-order valence-corrected chi connectivity index (χ4v) is 3.59. The summed E-state index contributed by atoms with van der Waals surface area (Å²) in [5, 5.41) is 15.3. The highest BCUT2D eigenvalue weighted by Crippen LogP contribution is 2.37. The van der Waals surface area contributed by atoms with Crippen LogP contribution in [0.5, 0.6) is 5.75 Å². The number of nitrogens with one attached hydrogen (secondary N) is 1. The fourth-order valence-electron chi connectivity index (χ4n) is 2.77. The minimum atomic E-state index is -1.03. The van der Waals surface area contributed by atoms with Gasteiger partial charge in [-0.15, -0.1) is 28.3 Å². The van der Waals surface area contributed by atoms with Crippen LogP contribution in [-0.2, 0) is 24.5 Å². The molecule has 9 heteroatoms. The Morgan fingerprint density at radius 2 is 2.00 bits per heavy atom. The van der Waals surface area contributed by atoms with E-state index in [0.29, 0.717) is 22.9 Å². The topological polar surface area (TPSA) is 97.8 Å². The number of carbonyl (C=O) groups excluding carboxylic acids is 2. The van der Waals surface area contributed by atoms with E-state index in [1.165, 1.54) is 18.4 Å². The predicted octanol–water partition coefficient (Wildman–Crippen LogP) is 4.33. The molecule has 1 heterocycles. The van der Waals surface area contributed by atoms with E-state index in [1.54, 1.807) is 36.6 Å². The Morgan fingerprint density at radius 1 is 1.29 bits per heavy atom. The van der Waals surface area contributed by atoms with Crippen LogP contribution in [0.4, 0.5) is 10.8 Å². The molecule has 0 aliphatic heterocycles. The lowest BCUT2D eigenvalue weighted by Crippen LogP contribution is -2.38. The third kappa shape index (κ3) is 5.45. The van der Waals surface area contributed by atoms with Crippen LogP contribution in [0.15, 0.2) is 29.6 Å². The minimum Gasteiger partial charge on any atom is -0.506 e. The molecule has 0 saturated heterocycles. The van der Waals surface area contributed by atoms with Crippen molar-refractivity contribution >= 4 is 51.1 Å². The third-order valence-corrected chi connectivity index (χ3v) is 5.15. The van der Waals surface area contributed by atoms with E-state index in [2.05, 4.69) is 10.3 Å². The monoisotopic (exact) mass is 472 g/mol. The summed E-state index contributed by atoms with van der Waals surface area (Å²) >= 11 is 1.31. The summed E-state index contributed by atoms with van der Waals surface area (Å²) in [6.45, 7) is 3.85. The third-order valence-electron chi connectivity index (χ3n) is 4.39. The average molecular weight is 473 g/mol. The maximum Gasteiger partial charge on any atom is 0.318 e. The largest absolute Gasteiger partial charge is 0.506 e. The van der Waals surface area contributed by atoms with Crippen molar-refractivity contribution in [3.63, 3.8) is 0 Å². The number of rotatable bonds is 9. The Balaban J connectivity index is 0.00000392. The Morgan fingerprint density at radius 3 is 2.61 bits per heavy atom. The van der Waals surface area contributed by atoms with Crippen molar-refractivity contribution < 1.29 is 24.2 Å². The van der Waals surface area contributed by atoms with Crippen LogP contribution in [-0.4, -0.2) is 35.7 Å². The smallest absolute Gasteiger partial charge is 0.318 e. The van der Waals surface area contributed by atoms with Gasteiger partial charge in [-0.3, -0.25) is 9.59 Å². The number of aromatic nitrogens is 1. The summed E-state index contributed by atoms with van der Waals surface area (Å²) in [5.74, 6) is -0.692. The number of aromatic hydroxyl groups is 1. The van der Waals surface area contributed by atoms with E-state index in [0.717, 1.165) is 0 Å². The van der Waals surface area contributed by atoms with Crippen molar-refractivity contribution in [1.82, 2.24) is 4.98 Å². The highest BCUT2D eigenvalue weighted by atomic mass is 79.9. The quantitative estimate of drug-likeness (QED) is 0.413. The zero-order valence-electron chi connectivity index (χ0n) is 16.1. The van der Waals surface area contributed by atoms with Crippen molar-refractivity contribution in [3.05, 3.63) is 35.3 Å². The number of phenolic OH excluding ortho intramolecular Hbond substituents is 1. The first-order chi connectivity index (χ1) is 13.0. The van der Waals surface area contributed by atoms with Crippen LogP contribution in [0.1, 0.15) is 38.8 Å². The Hall–Kier alpha value is -2.13. The molecule has 0 amide bonds. The Labute approximate surface area is 178 Å². The molecule has 2 rings (SSSR count). The average Bonchev–Trinajstić information content (AvgIpc) is 3.13. The van der Waals surface area contributed by atoms with E-state index < -0.39 is 11.4 Å². The van der Waals surface area contributed by atoms with Crippen molar-refractivity contribution in [1.29, 1.82) is 0 Å². The number of halogens is 1. The minimum absolute atomic E-state index is 0. The maximum atomic E-state index is 12.7. The molecule has 1 aromatic carbocycles. The summed E-state index contributed by atoms with van der Waals surface area (Å²) in [6.07, 6.45) is 0.764. The van der Waals surface area contributed by atoms with Crippen LogP contribution < -0.4 is 5.32 Å². The van der Waals surface area contributed by atoms with Gasteiger partial charge in [0.25, 0.3) is 0 Å². The second-order valence-electron chi connectivity index (χ2n) is 5.91. The lowest BCUT2D eigenvalue weighted by Gasteiger charge is -2.28. The first kappa shape index (κ1) is 23.9. The summed E-state index contributed by atoms with van der Waals surface area (Å²) in [4.78, 5) is 28.9. The molecule has 28 heavy (non-hydrogen) atoms. The number of methoxy groups -OCH3 is 1. The number of para-hydroxylation sites is 2. The van der Waals surface area contributed by atoms with Gasteiger partial charge in [-0.2, -0.15) is 0 Å². The number of hydrogen-bond acceptors (Lipinski definition) is 8. The molecule has 0 fully saturated rings. The van der Waals surface area contributed by atoms with E-state index in [-0.39, 0.29) is 48.1 Å². The van der Waals surface area contributed by atoms with Crippen molar-refractivity contribution in [2.75, 3.05) is 19.0 Å². The van der Waals surface area contributed by atoms with Gasteiger partial charge in [0.15, 0.2) is 5.13 Å². The molecule has 1 atom stereocenters. The fraction of sp³-hybridized carbons (Fsp3) is 0.421. The Bertz CT molecular complexity index is 798. The zero-order valence-corrected chi connectivity index (χ0v) is 18.6. The van der Waals surface area contributed by atoms with E-state index in [1.807, 2.05) is 6.92 Å². The molecule has 0 bridgehead atoms. The van der Waals surface area contributed by atoms with Gasteiger partial charge in [-0.25, -0.2) is 4.98 Å². The molecule has 2 N–H and O–H groups in total. The first-order valence-corrected chi connectivity index (χ1v) is 9.59. The van der Waals surface area contributed by atoms with Gasteiger partial charge in [0.05, 0.1) is 25.1 Å². The zero-order chi connectivity index (χ0) is 19.9. The number of carbonyl (C=O) groups is 2. The van der Waals surface area contributed by atoms with E-state index in [4.69, 9.17) is 9.47 Å². The van der Waals surface area contributed by atoms with Gasteiger partial charge >= 0.3 is 11.9 Å². The van der Waals surface area contributed by atoms with Crippen molar-refractivity contribution in [3.8, 4) is 5.75 Å². The summed E-state index contributed by atoms with van der Waals surface area (Å²) in [6, 6.07) is 6.82. The molecule has 0 aliphatic carbocycles. The molecule has 0 radical (unpaired) electrons. The lowest BCUT2D eigenvalue weighted by atomic mass is 9.78. The number of hydrogen-bond donors (Lipinski definition) is 2. The number of ether oxygens (including phenoxy) is 2. The van der Waals surface area contributed by atoms with Crippen LogP contribution in [0.2, 0.25) is 0 Å². The molecule has 7 nitrogen and oxygen atoms in total. The molecule has 2 aromatic rings. The SMILES string of the molecule is Br.CCOC(=O)C(CC)(CCC(=O)OC)c1csc(Nc2ccccc2O)n1. The second kappa shape index (κ2) is 11.0. The van der Waals surface area contributed by atoms with Gasteiger partial charge < -0.3 is 19.9 Å². The number of phenols is 1. The second-order valence-corrected chi connectivity index (χ2v) is 6.77. The molecule has 154 valence electrons. The highest BCUT2D eigenvalue weighted by molar-refractivity contribution is 8.93. The molecule has 0 spiro atoms. The van der Waals surface area contributed by atoms with Gasteiger partial charge in [0, 0.05) is 11.8 Å². The molecule has 0 saturated carbocycles. The van der Waals surface area contributed by atoms with E-state index in [9.17, 15) is 14.7 Å². The molecular formula is C19H25BrN2O5S. The summed E-state index contributed by atoms with van der Waals surface area (Å²) in [5.41, 5.74) is 0.0285. The Kier molecular flexibility index (Phi) is 9.40. The van der Waals surface area contributed by atoms with Crippen LogP contribution >= 0.6 is 28.3 Å². The number of esters is 2. The lowest BCUT2D eigenvalue weighted by molar-refractivity contribution is -0.151. The van der Waals surface area contributed by atoms with Crippen LogP contribution in [0.25, 0.3) is 0 Å². The molecule has 1 aromatic heterocycles. The van der Waals surface area contributed by atoms with Crippen LogP contribution in [0.3, 0.4) is 0 Å². The normalized spacial score (nSPS) is 12.4. The number of thiazole rings is 1. The standard InChI is InChI=1S/C19H24N2O5S.BrH/c1-4-19(17(24)26-5-2,11-10-16(23)25-3)15-12-27-18(21-15)20-13-8-6-7-9-14(13)22;/h6-9,12,22H,4-5,10-11H2,1-3H3,(H,20,21);1H. The van der Waals surface area contributed by atoms with E-state index >= 15 is 0 Å². The molecule has 1 unspecified atom stereocenters. The van der Waals surface area contributed by atoms with Gasteiger partial charge in [0.1, 0.15) is 11.2 Å². The molecular weight excluding hydrogens is 448 g/mol. The van der Waals surface area contributed by atoms with Gasteiger partial charge in [-0.1, -0.05) is 19.1 Å². The number of benzene rings is 1. The summed E-state index contributed by atoms with van der Waals surface area (Å²) < 4.78 is 9.99. The number of nitrogens with zero attached hydrogens (tertiary/aromatic N) is 1. The highest BCUT2D eigenvalue weighted by Gasteiger charge is 2.42. The number of anilines is 2. The predicted molar refractivity (Wildman–Crippen MR) is 114 cm³/mol. The van der Waals surface area contributed by atoms with Gasteiger partial charge in [0.2, 0.25) is 0 Å². The van der Waals surface area contributed by atoms with Crippen molar-refractivity contribution in [2.24, 2.45) is 0 Å². The first-order valence-electron chi connectivity index (χ1n) is 8.71.